The molecular weight excluding hydrogens is 550 g/mol. The molecule has 2 nitrogen and oxygen atoms in total. The molecule has 8 rings (SSSR count). The van der Waals surface area contributed by atoms with Gasteiger partial charge in [0, 0.05) is 34.1 Å². The van der Waals surface area contributed by atoms with Gasteiger partial charge in [-0.05, 0) is 77.4 Å². The molecule has 44 heavy (non-hydrogen) atoms. The molecule has 2 atom stereocenters. The Balaban J connectivity index is 1.32. The van der Waals surface area contributed by atoms with Crippen molar-refractivity contribution in [2.24, 2.45) is 0 Å². The molecule has 0 fully saturated rings. The number of rotatable bonds is 3. The Morgan fingerprint density at radius 1 is 0.841 bits per heavy atom. The molecule has 0 spiro atoms. The number of furan rings is 1. The van der Waals surface area contributed by atoms with Gasteiger partial charge in [-0.15, -0.1) is 0 Å². The van der Waals surface area contributed by atoms with E-state index in [1.165, 1.54) is 6.07 Å². The predicted octanol–water partition coefficient (Wildman–Crippen LogP) is 11.3. The highest BCUT2D eigenvalue weighted by Gasteiger charge is 2.33. The van der Waals surface area contributed by atoms with Crippen LogP contribution in [0.4, 0.5) is 8.78 Å². The third kappa shape index (κ3) is 4.28. The van der Waals surface area contributed by atoms with Gasteiger partial charge in [0.15, 0.2) is 11.5 Å². The summed E-state index contributed by atoms with van der Waals surface area (Å²) in [6.45, 7) is 3.83. The number of hydrogen-bond acceptors (Lipinski definition) is 2. The highest BCUT2D eigenvalue weighted by atomic mass is 19.1. The lowest BCUT2D eigenvalue weighted by Gasteiger charge is -2.26. The number of fused-ring (bicyclic) bond motifs is 5. The molecule has 1 aliphatic heterocycles. The van der Waals surface area contributed by atoms with Crippen LogP contribution in [0, 0.1) is 5.82 Å². The van der Waals surface area contributed by atoms with Crippen LogP contribution in [-0.2, 0) is 0 Å². The van der Waals surface area contributed by atoms with Crippen molar-refractivity contribution in [3.05, 3.63) is 143 Å². The summed E-state index contributed by atoms with van der Waals surface area (Å²) >= 11 is 0. The average Bonchev–Trinajstić information content (AvgIpc) is 3.32. The van der Waals surface area contributed by atoms with Crippen LogP contribution in [0.2, 0.25) is 0 Å². The monoisotopic (exact) mass is 580 g/mol. The third-order valence-corrected chi connectivity index (χ3v) is 9.07. The Morgan fingerprint density at radius 3 is 2.43 bits per heavy atom. The molecule has 0 saturated carbocycles. The lowest BCUT2D eigenvalue weighted by Crippen LogP contribution is -2.21. The molecule has 1 aromatic heterocycles. The minimum Gasteiger partial charge on any atom is -0.452 e. The number of hydrogen-bond donors (Lipinski definition) is 0. The van der Waals surface area contributed by atoms with Crippen LogP contribution < -0.4 is 4.74 Å². The molecule has 216 valence electrons. The first-order chi connectivity index (χ1) is 21.4. The molecule has 2 heterocycles. The van der Waals surface area contributed by atoms with Crippen molar-refractivity contribution < 1.29 is 17.9 Å². The molecule has 4 aromatic carbocycles. The molecule has 2 unspecified atom stereocenters. The van der Waals surface area contributed by atoms with E-state index in [9.17, 15) is 0 Å². The standard InChI is InChI=1S/C40H30F2O2/c1-24-20-26-18-17-25-10-9-13-31(37(25)44-38(26)39-36(24)32-12-4-6-16-35(32)43-39)28-21-27(30-11-3-5-15-34(30)41)22-29(23-28)33-14-7-8-19-40(33,2)42/h3-18,21-24H,19-20H2,1-2H3. The van der Waals surface area contributed by atoms with Crippen LogP contribution in [0.1, 0.15) is 55.1 Å². The Kier molecular flexibility index (Phi) is 6.09. The first-order valence-corrected chi connectivity index (χ1v) is 15.1. The van der Waals surface area contributed by atoms with Crippen molar-refractivity contribution >= 4 is 28.4 Å². The van der Waals surface area contributed by atoms with Crippen LogP contribution in [0.5, 0.6) is 5.75 Å². The second-order valence-electron chi connectivity index (χ2n) is 12.1. The molecule has 0 radical (unpaired) electrons. The van der Waals surface area contributed by atoms with Crippen LogP contribution in [-0.4, -0.2) is 5.67 Å². The van der Waals surface area contributed by atoms with E-state index in [1.807, 2.05) is 78.9 Å². The van der Waals surface area contributed by atoms with E-state index in [2.05, 4.69) is 25.1 Å². The minimum atomic E-state index is -1.55. The lowest BCUT2D eigenvalue weighted by atomic mass is 9.83. The molecule has 0 saturated heterocycles. The zero-order valence-electron chi connectivity index (χ0n) is 24.5. The number of alkyl halides is 1. The van der Waals surface area contributed by atoms with Gasteiger partial charge in [-0.3, -0.25) is 0 Å². The molecule has 0 bridgehead atoms. The summed E-state index contributed by atoms with van der Waals surface area (Å²) in [6, 6.07) is 26.7. The van der Waals surface area contributed by atoms with Crippen LogP contribution in [0.3, 0.4) is 0 Å². The Morgan fingerprint density at radius 2 is 1.59 bits per heavy atom. The zero-order valence-corrected chi connectivity index (χ0v) is 24.5. The van der Waals surface area contributed by atoms with Gasteiger partial charge in [0.05, 0.1) is 0 Å². The highest BCUT2D eigenvalue weighted by molar-refractivity contribution is 5.91. The molecule has 0 N–H and O–H groups in total. The van der Waals surface area contributed by atoms with E-state index >= 15 is 8.78 Å². The summed E-state index contributed by atoms with van der Waals surface area (Å²) < 4.78 is 44.4. The van der Waals surface area contributed by atoms with Crippen LogP contribution >= 0.6 is 0 Å². The summed E-state index contributed by atoms with van der Waals surface area (Å²) in [4.78, 5) is 0. The molecule has 3 aliphatic rings. The van der Waals surface area contributed by atoms with Crippen molar-refractivity contribution in [1.29, 1.82) is 0 Å². The Labute approximate surface area is 255 Å². The number of para-hydroxylation sites is 2. The quantitative estimate of drug-likeness (QED) is 0.212. The van der Waals surface area contributed by atoms with E-state index in [1.54, 1.807) is 19.1 Å². The van der Waals surface area contributed by atoms with Gasteiger partial charge in [-0.25, -0.2) is 8.78 Å². The van der Waals surface area contributed by atoms with Gasteiger partial charge in [0.1, 0.15) is 22.8 Å². The van der Waals surface area contributed by atoms with E-state index in [0.29, 0.717) is 28.0 Å². The van der Waals surface area contributed by atoms with Crippen molar-refractivity contribution in [2.75, 3.05) is 0 Å². The Bertz CT molecular complexity index is 2100. The van der Waals surface area contributed by atoms with Crippen LogP contribution in [0.25, 0.3) is 50.6 Å². The molecule has 4 heteroatoms. The van der Waals surface area contributed by atoms with E-state index in [-0.39, 0.29) is 18.2 Å². The maximum absolute atomic E-state index is 15.9. The van der Waals surface area contributed by atoms with Gasteiger partial charge in [0.25, 0.3) is 0 Å². The summed E-state index contributed by atoms with van der Waals surface area (Å²) in [5, 5.41) is 1.11. The highest BCUT2D eigenvalue weighted by Crippen LogP contribution is 2.49. The van der Waals surface area contributed by atoms with Crippen LogP contribution in [0.15, 0.2) is 119 Å². The summed E-state index contributed by atoms with van der Waals surface area (Å²) in [7, 11) is 0. The van der Waals surface area contributed by atoms with Gasteiger partial charge in [-0.1, -0.05) is 91.9 Å². The average molecular weight is 581 g/mol. The van der Waals surface area contributed by atoms with Crippen molar-refractivity contribution in [1.82, 2.24) is 0 Å². The third-order valence-electron chi connectivity index (χ3n) is 9.07. The van der Waals surface area contributed by atoms with E-state index in [4.69, 9.17) is 9.15 Å². The fourth-order valence-corrected chi connectivity index (χ4v) is 6.89. The summed E-state index contributed by atoms with van der Waals surface area (Å²) in [5.41, 5.74) is 6.53. The number of ether oxygens (including phenoxy) is 1. The SMILES string of the molecule is CC1CC2=C(Oc3c(cccc3-c3cc(C4=CC=CCC4(C)F)cc(-c4ccccc4F)c3)C=C2)c2oc3ccccc3c21. The first-order valence-electron chi connectivity index (χ1n) is 15.1. The number of benzene rings is 4. The van der Waals surface area contributed by atoms with Gasteiger partial charge in [0.2, 0.25) is 0 Å². The first kappa shape index (κ1) is 26.7. The predicted molar refractivity (Wildman–Crippen MR) is 174 cm³/mol. The minimum absolute atomic E-state index is 0.272. The van der Waals surface area contributed by atoms with Gasteiger partial charge >= 0.3 is 0 Å². The molecule has 2 aliphatic carbocycles. The zero-order chi connectivity index (χ0) is 30.0. The fourth-order valence-electron chi connectivity index (χ4n) is 6.89. The maximum atomic E-state index is 15.9. The normalized spacial score (nSPS) is 20.5. The molecule has 5 aromatic rings. The topological polar surface area (TPSA) is 22.4 Å². The summed E-state index contributed by atoms with van der Waals surface area (Å²) in [6.07, 6.45) is 10.9. The van der Waals surface area contributed by atoms with E-state index in [0.717, 1.165) is 56.7 Å². The number of allylic oxidation sites excluding steroid dienone is 6. The van der Waals surface area contributed by atoms with Crippen molar-refractivity contribution in [2.45, 2.75) is 38.3 Å². The number of halogens is 2. The van der Waals surface area contributed by atoms with Crippen molar-refractivity contribution in [3.63, 3.8) is 0 Å². The maximum Gasteiger partial charge on any atom is 0.174 e. The smallest absolute Gasteiger partial charge is 0.174 e. The van der Waals surface area contributed by atoms with Gasteiger partial charge in [-0.2, -0.15) is 0 Å². The van der Waals surface area contributed by atoms with E-state index < -0.39 is 5.67 Å². The summed E-state index contributed by atoms with van der Waals surface area (Å²) in [5.74, 6) is 2.12. The second kappa shape index (κ2) is 10.1. The van der Waals surface area contributed by atoms with Gasteiger partial charge < -0.3 is 9.15 Å². The molecule has 0 amide bonds. The molecular formula is C40H30F2O2. The Hall–Kier alpha value is -4.96. The second-order valence-corrected chi connectivity index (χ2v) is 12.1. The lowest BCUT2D eigenvalue weighted by molar-refractivity contribution is 0.273. The largest absolute Gasteiger partial charge is 0.452 e. The fraction of sp³-hybridized carbons (Fsp3) is 0.150. The van der Waals surface area contributed by atoms with Crippen molar-refractivity contribution in [3.8, 4) is 28.0 Å².